The number of rotatable bonds is 3. The molecule has 0 aliphatic heterocycles. The second kappa shape index (κ2) is 13.1. The Balaban J connectivity index is 0.000000288. The van der Waals surface area contributed by atoms with Crippen molar-refractivity contribution in [1.82, 2.24) is 4.98 Å². The Kier molecular flexibility index (Phi) is 9.76. The monoisotopic (exact) mass is 827 g/mol. The number of ketones is 1. The van der Waals surface area contributed by atoms with Gasteiger partial charge in [-0.2, -0.15) is 0 Å². The van der Waals surface area contributed by atoms with E-state index in [1.807, 2.05) is 47.7 Å². The van der Waals surface area contributed by atoms with Gasteiger partial charge in [0.2, 0.25) is 0 Å². The molecular weight excluding hydrogens is 779 g/mol. The van der Waals surface area contributed by atoms with Crippen LogP contribution >= 0.6 is 0 Å². The van der Waals surface area contributed by atoms with E-state index in [4.69, 9.17) is 4.98 Å². The van der Waals surface area contributed by atoms with Gasteiger partial charge in [0.15, 0.2) is 5.78 Å². The van der Waals surface area contributed by atoms with Crippen LogP contribution in [0.3, 0.4) is 0 Å². The van der Waals surface area contributed by atoms with Gasteiger partial charge >= 0.3 is 0 Å². The summed E-state index contributed by atoms with van der Waals surface area (Å²) in [5.41, 5.74) is 5.37. The van der Waals surface area contributed by atoms with E-state index in [1.165, 1.54) is 60.5 Å². The zero-order valence-corrected chi connectivity index (χ0v) is 32.9. The Morgan fingerprint density at radius 2 is 1.51 bits per heavy atom. The van der Waals surface area contributed by atoms with E-state index in [9.17, 15) is 9.90 Å². The summed E-state index contributed by atoms with van der Waals surface area (Å²) >= 11 is 0. The van der Waals surface area contributed by atoms with Crippen molar-refractivity contribution in [3.05, 3.63) is 114 Å². The normalized spacial score (nSPS) is 14.1. The van der Waals surface area contributed by atoms with Gasteiger partial charge in [-0.15, -0.1) is 23.6 Å². The molecule has 7 rings (SSSR count). The number of hydrogen-bond acceptors (Lipinski definition) is 3. The van der Waals surface area contributed by atoms with Gasteiger partial charge in [-0.05, 0) is 67.3 Å². The van der Waals surface area contributed by atoms with Crippen molar-refractivity contribution in [2.45, 2.75) is 81.1 Å². The van der Waals surface area contributed by atoms with Crippen LogP contribution in [0.1, 0.15) is 85.9 Å². The van der Waals surface area contributed by atoms with Crippen LogP contribution in [-0.2, 0) is 36.7 Å². The van der Waals surface area contributed by atoms with Crippen molar-refractivity contribution in [3.8, 4) is 11.3 Å². The molecule has 4 heteroatoms. The van der Waals surface area contributed by atoms with Crippen LogP contribution in [0.15, 0.2) is 90.8 Å². The molecular formula is C45H48IrNO2-. The van der Waals surface area contributed by atoms with E-state index in [2.05, 4.69) is 107 Å². The second-order valence-corrected chi connectivity index (χ2v) is 16.5. The molecule has 1 aliphatic rings. The maximum atomic E-state index is 11.5. The predicted octanol–water partition coefficient (Wildman–Crippen LogP) is 12.1. The van der Waals surface area contributed by atoms with Crippen molar-refractivity contribution in [3.63, 3.8) is 0 Å². The maximum Gasteiger partial charge on any atom is 0.164 e. The summed E-state index contributed by atoms with van der Waals surface area (Å²) in [6, 6.07) is 30.9. The molecule has 6 aromatic rings. The van der Waals surface area contributed by atoms with Crippen LogP contribution < -0.4 is 0 Å². The third-order valence-corrected chi connectivity index (χ3v) is 9.72. The zero-order valence-electron chi connectivity index (χ0n) is 30.5. The molecule has 49 heavy (non-hydrogen) atoms. The van der Waals surface area contributed by atoms with Gasteiger partial charge in [0.05, 0.1) is 0 Å². The molecule has 0 saturated carbocycles. The van der Waals surface area contributed by atoms with Crippen LogP contribution in [0.4, 0.5) is 0 Å². The minimum atomic E-state index is -0.417. The summed E-state index contributed by atoms with van der Waals surface area (Å²) in [4.78, 5) is 16.4. The summed E-state index contributed by atoms with van der Waals surface area (Å²) in [5.74, 6) is 0.743. The Hall–Kier alpha value is -3.85. The van der Waals surface area contributed by atoms with E-state index < -0.39 is 5.41 Å². The van der Waals surface area contributed by atoms with Crippen LogP contribution in [0.5, 0.6) is 0 Å². The molecule has 0 spiro atoms. The summed E-state index contributed by atoms with van der Waals surface area (Å²) in [7, 11) is 0. The SMILES string of the molecule is CC(C)(C)C(=O)/C=C(\O)C(C)(C)C.CC(C)Cc1ccc2ccc3c4ccnc5c4c(cc3c2c1)C(C)(C)c1cc2ccccc2[c-]c1-5.[Ir]. The molecule has 1 radical (unpaired) electrons. The number of benzene rings is 5. The number of nitrogens with zero attached hydrogens (tertiary/aromatic N) is 1. The van der Waals surface area contributed by atoms with E-state index >= 15 is 0 Å². The topological polar surface area (TPSA) is 50.2 Å². The zero-order chi connectivity index (χ0) is 34.8. The third kappa shape index (κ3) is 6.83. The summed E-state index contributed by atoms with van der Waals surface area (Å²) < 4.78 is 0. The van der Waals surface area contributed by atoms with Gasteiger partial charge in [0.1, 0.15) is 5.76 Å². The van der Waals surface area contributed by atoms with Crippen LogP contribution in [0.2, 0.25) is 0 Å². The molecule has 0 atom stereocenters. The van der Waals surface area contributed by atoms with Gasteiger partial charge in [-0.3, -0.25) is 9.78 Å². The number of fused-ring (bicyclic) bond motifs is 7. The quantitative estimate of drug-likeness (QED) is 0.0837. The van der Waals surface area contributed by atoms with Crippen LogP contribution in [0, 0.1) is 22.8 Å². The minimum absolute atomic E-state index is 0. The summed E-state index contributed by atoms with van der Waals surface area (Å²) in [5, 5.41) is 19.8. The average Bonchev–Trinajstić information content (AvgIpc) is 3.01. The van der Waals surface area contributed by atoms with Crippen molar-refractivity contribution >= 4 is 48.9 Å². The molecule has 1 aromatic heterocycles. The third-order valence-electron chi connectivity index (χ3n) is 9.72. The number of aliphatic hydroxyl groups excluding tert-OH is 1. The minimum Gasteiger partial charge on any atom is -0.512 e. The largest absolute Gasteiger partial charge is 0.512 e. The number of aromatic nitrogens is 1. The number of aliphatic hydroxyl groups is 1. The smallest absolute Gasteiger partial charge is 0.164 e. The van der Waals surface area contributed by atoms with Crippen LogP contribution in [0.25, 0.3) is 54.3 Å². The first-order valence-electron chi connectivity index (χ1n) is 17.2. The molecule has 0 fully saturated rings. The fourth-order valence-electron chi connectivity index (χ4n) is 6.78. The van der Waals surface area contributed by atoms with Gasteiger partial charge in [-0.1, -0.05) is 140 Å². The van der Waals surface area contributed by atoms with E-state index in [-0.39, 0.29) is 42.5 Å². The number of pyridine rings is 1. The molecule has 0 unspecified atom stereocenters. The van der Waals surface area contributed by atoms with E-state index in [0.717, 1.165) is 23.1 Å². The summed E-state index contributed by atoms with van der Waals surface area (Å²) in [6.45, 7) is 20.4. The predicted molar refractivity (Wildman–Crippen MR) is 204 cm³/mol. The molecule has 0 amide bonds. The molecule has 255 valence electrons. The van der Waals surface area contributed by atoms with Gasteiger partial charge < -0.3 is 5.11 Å². The fourth-order valence-corrected chi connectivity index (χ4v) is 6.78. The number of allylic oxidation sites excluding steroid dienone is 2. The average molecular weight is 827 g/mol. The first-order chi connectivity index (χ1) is 22.5. The summed E-state index contributed by atoms with van der Waals surface area (Å²) in [6.07, 6.45) is 4.41. The molecule has 3 nitrogen and oxygen atoms in total. The van der Waals surface area contributed by atoms with Crippen molar-refractivity contribution in [2.75, 3.05) is 0 Å². The first-order valence-corrected chi connectivity index (χ1v) is 17.2. The van der Waals surface area contributed by atoms with E-state index in [0.29, 0.717) is 5.92 Å². The fraction of sp³-hybridized carbons (Fsp3) is 0.333. The second-order valence-electron chi connectivity index (χ2n) is 16.5. The number of carbonyl (C=O) groups is 1. The Morgan fingerprint density at radius 3 is 2.18 bits per heavy atom. The molecule has 0 bridgehead atoms. The van der Waals surface area contributed by atoms with Crippen molar-refractivity contribution in [2.24, 2.45) is 16.7 Å². The standard InChI is InChI=1S/C34H28N.C11H20O2.Ir/c1-20(2)15-21-9-10-22-11-12-25-26-13-14-35-33-29-17-23-7-5-6-8-24(23)18-30(29)34(3,4)31(32(26)33)19-28(25)27(22)16-21;1-10(2,3)8(12)7-9(13)11(4,5)6;/h5-14,16,18-20H,15H2,1-4H3;7,12H,1-6H3;/q-1;;/b;8-7-;. The van der Waals surface area contributed by atoms with Gasteiger partial charge in [0.25, 0.3) is 0 Å². The maximum absolute atomic E-state index is 11.5. The molecule has 5 aromatic carbocycles. The number of hydrogen-bond donors (Lipinski definition) is 1. The Morgan fingerprint density at radius 1 is 0.816 bits per heavy atom. The van der Waals surface area contributed by atoms with Crippen molar-refractivity contribution < 1.29 is 30.0 Å². The molecule has 0 saturated heterocycles. The van der Waals surface area contributed by atoms with Crippen LogP contribution in [-0.4, -0.2) is 15.9 Å². The van der Waals surface area contributed by atoms with Gasteiger partial charge in [-0.25, -0.2) is 0 Å². The van der Waals surface area contributed by atoms with Crippen molar-refractivity contribution in [1.29, 1.82) is 0 Å². The molecule has 1 aliphatic carbocycles. The number of carbonyl (C=O) groups excluding carboxylic acids is 1. The molecule has 1 heterocycles. The van der Waals surface area contributed by atoms with Gasteiger partial charge in [0, 0.05) is 48.9 Å². The van der Waals surface area contributed by atoms with E-state index in [1.54, 1.807) is 0 Å². The molecule has 1 N–H and O–H groups in total. The Labute approximate surface area is 305 Å². The Bertz CT molecular complexity index is 2260. The first kappa shape index (κ1) is 36.4.